The zero-order chi connectivity index (χ0) is 21.3. The topological polar surface area (TPSA) is 65.0 Å². The minimum atomic E-state index is -0.418. The van der Waals surface area contributed by atoms with E-state index < -0.39 is 4.75 Å². The first-order chi connectivity index (χ1) is 14.3. The maximum Gasteiger partial charge on any atom is 0.242 e. The standard InChI is InChI=1S/C23H38N4O2S/c1-23(15-16-8-11-27(12-9-16)20(28)5-4-10-26(2)3)21(29)25-22(30-23)24-19-14-17-6-7-18(19)13-17/h16-19H,4-15H2,1-3H3,(H,24,25,29)/t17-,18+,19?,23?/m1/s1. The highest BCUT2D eigenvalue weighted by Gasteiger charge is 2.46. The number of rotatable bonds is 7. The largest absolute Gasteiger partial charge is 0.343 e. The zero-order valence-corrected chi connectivity index (χ0v) is 19.7. The maximum absolute atomic E-state index is 12.8. The Morgan fingerprint density at radius 2 is 2.00 bits per heavy atom. The van der Waals surface area contributed by atoms with Gasteiger partial charge in [0, 0.05) is 19.5 Å². The Labute approximate surface area is 185 Å². The molecule has 4 fully saturated rings. The van der Waals surface area contributed by atoms with Crippen LogP contribution in [-0.4, -0.2) is 71.3 Å². The number of nitrogens with zero attached hydrogens (tertiary/aromatic N) is 3. The van der Waals surface area contributed by atoms with Crippen molar-refractivity contribution in [3.8, 4) is 0 Å². The van der Waals surface area contributed by atoms with Gasteiger partial charge in [0.25, 0.3) is 0 Å². The van der Waals surface area contributed by atoms with Crippen LogP contribution in [0.4, 0.5) is 0 Å². The fourth-order valence-corrected chi connectivity index (χ4v) is 7.09. The molecule has 2 heterocycles. The van der Waals surface area contributed by atoms with E-state index >= 15 is 0 Å². The number of hydrogen-bond donors (Lipinski definition) is 1. The predicted octanol–water partition coefficient (Wildman–Crippen LogP) is 3.12. The van der Waals surface area contributed by atoms with E-state index in [2.05, 4.69) is 17.1 Å². The molecule has 4 atom stereocenters. The number of nitrogens with one attached hydrogen (secondary N) is 1. The molecule has 0 aromatic heterocycles. The van der Waals surface area contributed by atoms with Gasteiger partial charge in [0.2, 0.25) is 11.8 Å². The molecule has 2 saturated heterocycles. The fourth-order valence-electron chi connectivity index (χ4n) is 5.87. The third-order valence-electron chi connectivity index (χ3n) is 7.65. The summed E-state index contributed by atoms with van der Waals surface area (Å²) in [7, 11) is 4.09. The smallest absolute Gasteiger partial charge is 0.242 e. The Balaban J connectivity index is 1.24. The van der Waals surface area contributed by atoms with Crippen LogP contribution >= 0.6 is 11.8 Å². The number of hydrogen-bond acceptors (Lipinski definition) is 5. The predicted molar refractivity (Wildman–Crippen MR) is 123 cm³/mol. The van der Waals surface area contributed by atoms with E-state index in [0.29, 0.717) is 18.4 Å². The number of carbonyl (C=O) groups excluding carboxylic acids is 2. The van der Waals surface area contributed by atoms with E-state index in [1.807, 2.05) is 19.0 Å². The second-order valence-corrected chi connectivity index (χ2v) is 11.9. The van der Waals surface area contributed by atoms with Gasteiger partial charge in [-0.1, -0.05) is 18.2 Å². The van der Waals surface area contributed by atoms with Crippen molar-refractivity contribution in [1.82, 2.24) is 15.1 Å². The number of fused-ring (bicyclic) bond motifs is 2. The molecule has 30 heavy (non-hydrogen) atoms. The summed E-state index contributed by atoms with van der Waals surface area (Å²) >= 11 is 1.65. The van der Waals surface area contributed by atoms with Crippen LogP contribution in [0.2, 0.25) is 0 Å². The van der Waals surface area contributed by atoms with Crippen LogP contribution in [0.1, 0.15) is 64.7 Å². The molecule has 1 N–H and O–H groups in total. The van der Waals surface area contributed by atoms with Crippen LogP contribution in [0, 0.1) is 17.8 Å². The zero-order valence-electron chi connectivity index (χ0n) is 18.9. The molecule has 2 saturated carbocycles. The van der Waals surface area contributed by atoms with Crippen molar-refractivity contribution in [2.24, 2.45) is 22.7 Å². The summed E-state index contributed by atoms with van der Waals surface area (Å²) < 4.78 is -0.418. The number of aliphatic imine (C=N–C) groups is 1. The second-order valence-electron chi connectivity index (χ2n) is 10.4. The van der Waals surface area contributed by atoms with Crippen molar-refractivity contribution >= 4 is 28.7 Å². The number of amidine groups is 1. The van der Waals surface area contributed by atoms with Crippen molar-refractivity contribution in [3.05, 3.63) is 0 Å². The molecule has 0 aromatic carbocycles. The molecule has 0 radical (unpaired) electrons. The number of piperidine rings is 1. The monoisotopic (exact) mass is 434 g/mol. The quantitative estimate of drug-likeness (QED) is 0.669. The van der Waals surface area contributed by atoms with Gasteiger partial charge in [0.05, 0.1) is 10.8 Å². The van der Waals surface area contributed by atoms with Crippen molar-refractivity contribution in [2.75, 3.05) is 33.7 Å². The number of amides is 2. The van der Waals surface area contributed by atoms with Gasteiger partial charge in [-0.05, 0) is 90.3 Å². The highest BCUT2D eigenvalue weighted by Crippen LogP contribution is 2.47. The number of carbonyl (C=O) groups is 2. The Morgan fingerprint density at radius 3 is 2.63 bits per heavy atom. The molecule has 168 valence electrons. The van der Waals surface area contributed by atoms with Crippen LogP contribution in [-0.2, 0) is 9.59 Å². The van der Waals surface area contributed by atoms with Gasteiger partial charge < -0.3 is 15.1 Å². The summed E-state index contributed by atoms with van der Waals surface area (Å²) in [6, 6.07) is 0.427. The first kappa shape index (κ1) is 22.1. The summed E-state index contributed by atoms with van der Waals surface area (Å²) in [6.45, 7) is 4.70. The minimum Gasteiger partial charge on any atom is -0.343 e. The van der Waals surface area contributed by atoms with Gasteiger partial charge in [-0.2, -0.15) is 0 Å². The van der Waals surface area contributed by atoms with E-state index in [9.17, 15) is 9.59 Å². The highest BCUT2D eigenvalue weighted by molar-refractivity contribution is 8.16. The van der Waals surface area contributed by atoms with E-state index in [-0.39, 0.29) is 11.8 Å². The average molecular weight is 435 g/mol. The summed E-state index contributed by atoms with van der Waals surface area (Å²) in [5, 5.41) is 3.94. The lowest BCUT2D eigenvalue weighted by molar-refractivity contribution is -0.133. The van der Waals surface area contributed by atoms with Gasteiger partial charge >= 0.3 is 0 Å². The van der Waals surface area contributed by atoms with Crippen LogP contribution in [0.5, 0.6) is 0 Å². The van der Waals surface area contributed by atoms with Gasteiger partial charge in [-0.3, -0.25) is 14.6 Å². The first-order valence-electron chi connectivity index (χ1n) is 11.8. The highest BCUT2D eigenvalue weighted by atomic mass is 32.2. The van der Waals surface area contributed by atoms with E-state index in [4.69, 9.17) is 4.99 Å². The van der Waals surface area contributed by atoms with Crippen molar-refractivity contribution in [2.45, 2.75) is 75.5 Å². The van der Waals surface area contributed by atoms with E-state index in [0.717, 1.165) is 62.3 Å². The fraction of sp³-hybridized carbons (Fsp3) is 0.870. The number of likely N-dealkylation sites (tertiary alicyclic amines) is 1. The molecule has 4 aliphatic rings. The lowest BCUT2D eigenvalue weighted by Gasteiger charge is -2.34. The molecule has 2 amide bonds. The molecule has 2 aliphatic carbocycles. The minimum absolute atomic E-state index is 0.122. The molecule has 2 unspecified atom stereocenters. The van der Waals surface area contributed by atoms with Crippen LogP contribution < -0.4 is 5.32 Å². The normalized spacial score (nSPS) is 35.6. The van der Waals surface area contributed by atoms with Crippen LogP contribution in [0.15, 0.2) is 4.99 Å². The van der Waals surface area contributed by atoms with Gasteiger partial charge in [-0.25, -0.2) is 0 Å². The SMILES string of the molecule is CN(C)CCCC(=O)N1CCC(CC2(C)SC(=NC3C[C@@H]4CC[C@H]3C4)NC2=O)CC1. The maximum atomic E-state index is 12.8. The molecule has 6 nitrogen and oxygen atoms in total. The Kier molecular flexibility index (Phi) is 6.78. The van der Waals surface area contributed by atoms with E-state index in [1.54, 1.807) is 11.8 Å². The van der Waals surface area contributed by atoms with Gasteiger partial charge in [0.15, 0.2) is 5.17 Å². The Morgan fingerprint density at radius 1 is 1.23 bits per heavy atom. The molecule has 0 spiro atoms. The Bertz CT molecular complexity index is 689. The summed E-state index contributed by atoms with van der Waals surface area (Å²) in [5.74, 6) is 2.52. The molecular weight excluding hydrogens is 396 g/mol. The number of thioether (sulfide) groups is 1. The third kappa shape index (κ3) is 5.04. The van der Waals surface area contributed by atoms with Crippen molar-refractivity contribution in [3.63, 3.8) is 0 Å². The molecule has 7 heteroatoms. The second kappa shape index (κ2) is 9.19. The van der Waals surface area contributed by atoms with Gasteiger partial charge in [0.1, 0.15) is 0 Å². The first-order valence-corrected chi connectivity index (χ1v) is 12.6. The third-order valence-corrected chi connectivity index (χ3v) is 8.85. The summed E-state index contributed by atoms with van der Waals surface area (Å²) in [4.78, 5) is 34.3. The van der Waals surface area contributed by atoms with Gasteiger partial charge in [-0.15, -0.1) is 0 Å². The average Bonchev–Trinajstić information content (AvgIpc) is 3.37. The molecule has 0 aromatic rings. The lowest BCUT2D eigenvalue weighted by Crippen LogP contribution is -2.42. The molecule has 2 bridgehead atoms. The van der Waals surface area contributed by atoms with Crippen molar-refractivity contribution < 1.29 is 9.59 Å². The molecule has 2 aliphatic heterocycles. The Hall–Kier alpha value is -1.08. The lowest BCUT2D eigenvalue weighted by atomic mass is 9.87. The van der Waals surface area contributed by atoms with Crippen LogP contribution in [0.25, 0.3) is 0 Å². The molecular formula is C23H38N4O2S. The van der Waals surface area contributed by atoms with E-state index in [1.165, 1.54) is 25.7 Å². The summed E-state index contributed by atoms with van der Waals surface area (Å²) in [5.41, 5.74) is 0. The summed E-state index contributed by atoms with van der Waals surface area (Å²) in [6.07, 6.45) is 9.68. The van der Waals surface area contributed by atoms with Crippen molar-refractivity contribution in [1.29, 1.82) is 0 Å². The molecule has 4 rings (SSSR count). The van der Waals surface area contributed by atoms with Crippen LogP contribution in [0.3, 0.4) is 0 Å².